The van der Waals surface area contributed by atoms with Gasteiger partial charge in [0.1, 0.15) is 15.6 Å². The lowest BCUT2D eigenvalue weighted by atomic mass is 10.2. The van der Waals surface area contributed by atoms with Crippen molar-refractivity contribution in [3.05, 3.63) is 35.1 Å². The maximum absolute atomic E-state index is 12.4. The van der Waals surface area contributed by atoms with E-state index >= 15 is 0 Å². The number of hydrogen-bond donors (Lipinski definition) is 2. The number of pyridine rings is 1. The summed E-state index contributed by atoms with van der Waals surface area (Å²) in [6.45, 7) is 3.97. The van der Waals surface area contributed by atoms with Crippen LogP contribution in [-0.4, -0.2) is 23.4 Å². The van der Waals surface area contributed by atoms with Gasteiger partial charge in [0, 0.05) is 11.6 Å². The Morgan fingerprint density at radius 3 is 2.76 bits per heavy atom. The van der Waals surface area contributed by atoms with E-state index in [0.29, 0.717) is 5.13 Å². The zero-order valence-corrected chi connectivity index (χ0v) is 13.8. The Morgan fingerprint density at radius 1 is 1.48 bits per heavy atom. The van der Waals surface area contributed by atoms with Crippen molar-refractivity contribution in [1.82, 2.24) is 9.97 Å². The molecule has 0 radical (unpaired) electrons. The molecule has 2 aromatic heterocycles. The quantitative estimate of drug-likeness (QED) is 0.808. The van der Waals surface area contributed by atoms with E-state index in [1.165, 1.54) is 29.7 Å². The fourth-order valence-electron chi connectivity index (χ4n) is 1.56. The van der Waals surface area contributed by atoms with Crippen LogP contribution in [0.4, 0.5) is 5.13 Å². The summed E-state index contributed by atoms with van der Waals surface area (Å²) in [4.78, 5) is 8.03. The summed E-state index contributed by atoms with van der Waals surface area (Å²) >= 11 is 6.06. The largest absolute Gasteiger partial charge is 0.388 e. The molecule has 21 heavy (non-hydrogen) atoms. The zero-order chi connectivity index (χ0) is 15.6. The molecule has 0 spiro atoms. The van der Waals surface area contributed by atoms with Gasteiger partial charge in [-0.15, -0.1) is 11.3 Å². The summed E-state index contributed by atoms with van der Waals surface area (Å²) in [5, 5.41) is 2.12. The predicted octanol–water partition coefficient (Wildman–Crippen LogP) is 2.10. The molecule has 0 aliphatic rings. The molecule has 0 aliphatic carbocycles. The van der Waals surface area contributed by atoms with Gasteiger partial charge in [-0.05, 0) is 18.1 Å². The number of thiazole rings is 1. The number of thiocarbonyl (C=S) groups is 1. The van der Waals surface area contributed by atoms with E-state index in [1.54, 1.807) is 0 Å². The Kier molecular flexibility index (Phi) is 4.55. The van der Waals surface area contributed by atoms with E-state index in [0.717, 1.165) is 5.69 Å². The fourth-order valence-corrected chi connectivity index (χ4v) is 4.09. The standard InChI is InChI=1S/C12H14N4O2S3/c1-7(2)8-6-20-12(15-8)16-21(17,18)9-4-3-5-14-10(9)11(13)19/h3-7H,1-2H3,(H2,13,19)(H,15,16). The number of rotatable bonds is 5. The molecular weight excluding hydrogens is 328 g/mol. The van der Waals surface area contributed by atoms with Crippen LogP contribution in [0.2, 0.25) is 0 Å². The summed E-state index contributed by atoms with van der Waals surface area (Å²) < 4.78 is 27.2. The minimum absolute atomic E-state index is 0.0567. The zero-order valence-electron chi connectivity index (χ0n) is 11.4. The highest BCUT2D eigenvalue weighted by atomic mass is 32.2. The van der Waals surface area contributed by atoms with Crippen LogP contribution in [-0.2, 0) is 10.0 Å². The molecule has 0 bridgehead atoms. The summed E-state index contributed by atoms with van der Waals surface area (Å²) in [5.41, 5.74) is 6.41. The Morgan fingerprint density at radius 2 is 2.19 bits per heavy atom. The number of aromatic nitrogens is 2. The van der Waals surface area contributed by atoms with Crippen LogP contribution < -0.4 is 10.5 Å². The van der Waals surface area contributed by atoms with Crippen LogP contribution in [0.5, 0.6) is 0 Å². The minimum atomic E-state index is -3.83. The second-order valence-corrected chi connectivity index (χ2v) is 7.50. The van der Waals surface area contributed by atoms with Crippen LogP contribution in [0.3, 0.4) is 0 Å². The molecule has 3 N–H and O–H groups in total. The van der Waals surface area contributed by atoms with E-state index in [4.69, 9.17) is 18.0 Å². The molecule has 0 amide bonds. The summed E-state index contributed by atoms with van der Waals surface area (Å²) in [6.07, 6.45) is 1.44. The van der Waals surface area contributed by atoms with Crippen molar-refractivity contribution in [2.75, 3.05) is 4.72 Å². The van der Waals surface area contributed by atoms with Crippen molar-refractivity contribution in [2.24, 2.45) is 5.73 Å². The molecule has 0 saturated carbocycles. The van der Waals surface area contributed by atoms with Gasteiger partial charge in [-0.25, -0.2) is 13.4 Å². The average molecular weight is 342 g/mol. The van der Waals surface area contributed by atoms with Crippen molar-refractivity contribution < 1.29 is 8.42 Å². The van der Waals surface area contributed by atoms with Crippen LogP contribution in [0.15, 0.2) is 28.6 Å². The molecule has 2 rings (SSSR count). The number of anilines is 1. The molecule has 0 aromatic carbocycles. The minimum Gasteiger partial charge on any atom is -0.388 e. The second-order valence-electron chi connectivity index (χ2n) is 4.55. The van der Waals surface area contributed by atoms with Crippen molar-refractivity contribution in [3.63, 3.8) is 0 Å². The summed E-state index contributed by atoms with van der Waals surface area (Å²) in [5.74, 6) is 0.227. The molecule has 2 aromatic rings. The molecule has 0 atom stereocenters. The van der Waals surface area contributed by atoms with Crippen LogP contribution >= 0.6 is 23.6 Å². The van der Waals surface area contributed by atoms with Gasteiger partial charge in [0.2, 0.25) is 0 Å². The number of sulfonamides is 1. The highest BCUT2D eigenvalue weighted by Gasteiger charge is 2.22. The average Bonchev–Trinajstić information content (AvgIpc) is 2.86. The van der Waals surface area contributed by atoms with Gasteiger partial charge in [0.15, 0.2) is 5.13 Å². The molecule has 0 fully saturated rings. The maximum Gasteiger partial charge on any atom is 0.265 e. The highest BCUT2D eigenvalue weighted by Crippen LogP contribution is 2.24. The Balaban J connectivity index is 2.36. The van der Waals surface area contributed by atoms with Gasteiger partial charge in [-0.1, -0.05) is 26.1 Å². The summed E-state index contributed by atoms with van der Waals surface area (Å²) in [6, 6.07) is 2.92. The third-order valence-corrected chi connectivity index (χ3v) is 5.10. The molecule has 6 nitrogen and oxygen atoms in total. The van der Waals surface area contributed by atoms with Gasteiger partial charge in [-0.2, -0.15) is 0 Å². The molecule has 0 unspecified atom stereocenters. The lowest BCUT2D eigenvalue weighted by molar-refractivity contribution is 0.600. The first-order valence-corrected chi connectivity index (χ1v) is 8.81. The first kappa shape index (κ1) is 15.8. The van der Waals surface area contributed by atoms with Crippen LogP contribution in [0, 0.1) is 0 Å². The summed E-state index contributed by atoms with van der Waals surface area (Å²) in [7, 11) is -3.83. The number of nitrogens with zero attached hydrogens (tertiary/aromatic N) is 2. The lowest BCUT2D eigenvalue weighted by Gasteiger charge is -2.08. The Hall–Kier alpha value is -1.58. The third-order valence-electron chi connectivity index (χ3n) is 2.63. The van der Waals surface area contributed by atoms with E-state index in [-0.39, 0.29) is 21.5 Å². The second kappa shape index (κ2) is 6.04. The van der Waals surface area contributed by atoms with Gasteiger partial charge < -0.3 is 5.73 Å². The number of nitrogens with one attached hydrogen (secondary N) is 1. The van der Waals surface area contributed by atoms with Crippen molar-refractivity contribution in [2.45, 2.75) is 24.7 Å². The van der Waals surface area contributed by atoms with Crippen LogP contribution in [0.25, 0.3) is 0 Å². The highest BCUT2D eigenvalue weighted by molar-refractivity contribution is 7.93. The lowest BCUT2D eigenvalue weighted by Crippen LogP contribution is -2.21. The SMILES string of the molecule is CC(C)c1csc(NS(=O)(=O)c2cccnc2C(N)=S)n1. The molecule has 112 valence electrons. The first-order valence-electron chi connectivity index (χ1n) is 6.04. The van der Waals surface area contributed by atoms with Crippen molar-refractivity contribution >= 4 is 43.7 Å². The molecule has 0 aliphatic heterocycles. The van der Waals surface area contributed by atoms with Crippen molar-refractivity contribution in [3.8, 4) is 0 Å². The monoisotopic (exact) mass is 342 g/mol. The van der Waals surface area contributed by atoms with Crippen LogP contribution in [0.1, 0.15) is 31.2 Å². The fraction of sp³-hybridized carbons (Fsp3) is 0.250. The van der Waals surface area contributed by atoms with E-state index in [2.05, 4.69) is 14.7 Å². The normalized spacial score (nSPS) is 11.6. The van der Waals surface area contributed by atoms with Gasteiger partial charge in [0.05, 0.1) is 5.69 Å². The molecule has 2 heterocycles. The molecule has 9 heteroatoms. The number of nitrogens with two attached hydrogens (primary N) is 1. The van der Waals surface area contributed by atoms with E-state index in [9.17, 15) is 8.42 Å². The van der Waals surface area contributed by atoms with Crippen molar-refractivity contribution in [1.29, 1.82) is 0 Å². The topological polar surface area (TPSA) is 98.0 Å². The van der Waals surface area contributed by atoms with Gasteiger partial charge in [-0.3, -0.25) is 9.71 Å². The van der Waals surface area contributed by atoms with E-state index < -0.39 is 10.0 Å². The molecular formula is C12H14N4O2S3. The first-order chi connectivity index (χ1) is 9.81. The predicted molar refractivity (Wildman–Crippen MR) is 87.1 cm³/mol. The Labute approximate surface area is 132 Å². The maximum atomic E-state index is 12.4. The Bertz CT molecular complexity index is 768. The molecule has 0 saturated heterocycles. The smallest absolute Gasteiger partial charge is 0.265 e. The third kappa shape index (κ3) is 3.55. The van der Waals surface area contributed by atoms with Gasteiger partial charge in [0.25, 0.3) is 10.0 Å². The van der Waals surface area contributed by atoms with Gasteiger partial charge >= 0.3 is 0 Å². The number of hydrogen-bond acceptors (Lipinski definition) is 6. The van der Waals surface area contributed by atoms with E-state index in [1.807, 2.05) is 19.2 Å².